The van der Waals surface area contributed by atoms with Crippen LogP contribution in [0.25, 0.3) is 0 Å². The molecular weight excluding hydrogens is 198 g/mol. The number of aromatic hydroxyl groups is 1. The van der Waals surface area contributed by atoms with Crippen molar-refractivity contribution < 1.29 is 5.11 Å². The Morgan fingerprint density at radius 1 is 1.44 bits per heavy atom. The van der Waals surface area contributed by atoms with E-state index in [1.54, 1.807) is 6.07 Å². The molecule has 1 N–H and O–H groups in total. The Hall–Kier alpha value is -1.02. The van der Waals surface area contributed by atoms with E-state index in [0.717, 1.165) is 0 Å². The van der Waals surface area contributed by atoms with E-state index in [1.807, 2.05) is 12.1 Å². The molecule has 0 bridgehead atoms. The minimum atomic E-state index is 0.158. The predicted molar refractivity (Wildman–Crippen MR) is 66.8 cm³/mol. The number of rotatable bonds is 1. The van der Waals surface area contributed by atoms with E-state index >= 15 is 0 Å². The van der Waals surface area contributed by atoms with Gasteiger partial charge in [0.1, 0.15) is 5.75 Å². The van der Waals surface area contributed by atoms with E-state index < -0.39 is 0 Å². The summed E-state index contributed by atoms with van der Waals surface area (Å²) in [4.78, 5) is 2.41. The van der Waals surface area contributed by atoms with Crippen molar-refractivity contribution >= 4 is 0 Å². The van der Waals surface area contributed by atoms with Crippen molar-refractivity contribution in [1.29, 1.82) is 0 Å². The van der Waals surface area contributed by atoms with Gasteiger partial charge in [-0.2, -0.15) is 0 Å². The average Bonchev–Trinajstić information content (AvgIpc) is 2.26. The van der Waals surface area contributed by atoms with Gasteiger partial charge in [0.15, 0.2) is 0 Å². The summed E-state index contributed by atoms with van der Waals surface area (Å²) in [5.41, 5.74) is 1.41. The number of hydrogen-bond acceptors (Lipinski definition) is 2. The van der Waals surface area contributed by atoms with Gasteiger partial charge < -0.3 is 10.0 Å². The Labute approximate surface area is 97.9 Å². The summed E-state index contributed by atoms with van der Waals surface area (Å²) < 4.78 is 0. The third-order valence-electron chi connectivity index (χ3n) is 4.30. The molecular formula is C14H21NO. The lowest BCUT2D eigenvalue weighted by molar-refractivity contribution is 0.114. The van der Waals surface area contributed by atoms with Crippen LogP contribution in [0.2, 0.25) is 0 Å². The van der Waals surface area contributed by atoms with Gasteiger partial charge in [-0.05, 0) is 51.1 Å². The molecule has 0 aromatic heterocycles. The minimum absolute atomic E-state index is 0.158. The first-order chi connectivity index (χ1) is 7.54. The number of nitrogens with zero attached hydrogens (tertiary/aromatic N) is 1. The zero-order chi connectivity index (χ0) is 11.8. The lowest BCUT2D eigenvalue weighted by atomic mass is 9.70. The second-order valence-corrected chi connectivity index (χ2v) is 5.23. The van der Waals surface area contributed by atoms with Crippen LogP contribution in [0.5, 0.6) is 5.75 Å². The molecule has 1 aromatic carbocycles. The van der Waals surface area contributed by atoms with E-state index in [9.17, 15) is 5.11 Å². The predicted octanol–water partition coefficient (Wildman–Crippen LogP) is 2.76. The zero-order valence-corrected chi connectivity index (χ0v) is 10.4. The third kappa shape index (κ3) is 1.82. The number of piperidine rings is 1. The van der Waals surface area contributed by atoms with E-state index in [4.69, 9.17) is 0 Å². The van der Waals surface area contributed by atoms with Crippen LogP contribution in [-0.2, 0) is 5.41 Å². The summed E-state index contributed by atoms with van der Waals surface area (Å²) in [6.07, 6.45) is 2.43. The standard InChI is InChI=1S/C14H21NO/c1-11-14(2,8-5-9-15(11)3)12-6-4-7-13(16)10-12/h4,6-7,10-11,16H,5,8-9H2,1-3H3. The highest BCUT2D eigenvalue weighted by molar-refractivity contribution is 5.34. The normalized spacial score (nSPS) is 31.6. The van der Waals surface area contributed by atoms with Crippen LogP contribution in [0.1, 0.15) is 32.3 Å². The molecule has 2 unspecified atom stereocenters. The monoisotopic (exact) mass is 219 g/mol. The van der Waals surface area contributed by atoms with Gasteiger partial charge in [0.2, 0.25) is 0 Å². The van der Waals surface area contributed by atoms with Gasteiger partial charge in [0.05, 0.1) is 0 Å². The van der Waals surface area contributed by atoms with Crippen molar-refractivity contribution in [2.75, 3.05) is 13.6 Å². The maximum atomic E-state index is 9.60. The molecule has 0 saturated carbocycles. The van der Waals surface area contributed by atoms with Crippen molar-refractivity contribution in [2.24, 2.45) is 0 Å². The molecule has 2 atom stereocenters. The lowest BCUT2D eigenvalue weighted by Gasteiger charge is -2.45. The number of likely N-dealkylation sites (tertiary alicyclic amines) is 1. The Morgan fingerprint density at radius 2 is 2.19 bits per heavy atom. The van der Waals surface area contributed by atoms with Gasteiger partial charge >= 0.3 is 0 Å². The summed E-state index contributed by atoms with van der Waals surface area (Å²) in [5.74, 6) is 0.374. The van der Waals surface area contributed by atoms with Crippen LogP contribution in [0.4, 0.5) is 0 Å². The summed E-state index contributed by atoms with van der Waals surface area (Å²) in [5, 5.41) is 9.60. The van der Waals surface area contributed by atoms with E-state index in [2.05, 4.69) is 31.9 Å². The number of benzene rings is 1. The van der Waals surface area contributed by atoms with E-state index in [1.165, 1.54) is 24.9 Å². The van der Waals surface area contributed by atoms with Gasteiger partial charge in [-0.15, -0.1) is 0 Å². The number of phenolic OH excluding ortho intramolecular Hbond substituents is 1. The van der Waals surface area contributed by atoms with E-state index in [0.29, 0.717) is 11.8 Å². The molecule has 1 aromatic rings. The molecule has 1 saturated heterocycles. The molecule has 2 heteroatoms. The number of hydrogen-bond donors (Lipinski definition) is 1. The Kier molecular flexibility index (Phi) is 2.94. The molecule has 2 rings (SSSR count). The van der Waals surface area contributed by atoms with Gasteiger partial charge in [-0.3, -0.25) is 0 Å². The highest BCUT2D eigenvalue weighted by atomic mass is 16.3. The van der Waals surface area contributed by atoms with Crippen molar-refractivity contribution in [3.05, 3.63) is 29.8 Å². The van der Waals surface area contributed by atoms with Gasteiger partial charge in [-0.1, -0.05) is 19.1 Å². The highest BCUT2D eigenvalue weighted by Crippen LogP contribution is 2.38. The van der Waals surface area contributed by atoms with Gasteiger partial charge in [0, 0.05) is 11.5 Å². The molecule has 1 aliphatic rings. The molecule has 88 valence electrons. The SMILES string of the molecule is CC1N(C)CCCC1(C)c1cccc(O)c1. The second-order valence-electron chi connectivity index (χ2n) is 5.23. The van der Waals surface area contributed by atoms with Crippen LogP contribution >= 0.6 is 0 Å². The molecule has 1 heterocycles. The van der Waals surface area contributed by atoms with Crippen molar-refractivity contribution in [1.82, 2.24) is 4.90 Å². The Balaban J connectivity index is 2.36. The van der Waals surface area contributed by atoms with Gasteiger partial charge in [-0.25, -0.2) is 0 Å². The molecule has 0 aliphatic carbocycles. The second kappa shape index (κ2) is 4.10. The number of phenols is 1. The van der Waals surface area contributed by atoms with Crippen molar-refractivity contribution in [2.45, 2.75) is 38.1 Å². The van der Waals surface area contributed by atoms with Crippen LogP contribution in [0, 0.1) is 0 Å². The third-order valence-corrected chi connectivity index (χ3v) is 4.30. The molecule has 1 fully saturated rings. The zero-order valence-electron chi connectivity index (χ0n) is 10.4. The fraction of sp³-hybridized carbons (Fsp3) is 0.571. The molecule has 1 aliphatic heterocycles. The maximum Gasteiger partial charge on any atom is 0.115 e. The van der Waals surface area contributed by atoms with E-state index in [-0.39, 0.29) is 5.41 Å². The first-order valence-corrected chi connectivity index (χ1v) is 6.04. The molecule has 0 radical (unpaired) electrons. The number of likely N-dealkylation sites (N-methyl/N-ethyl adjacent to an activating group) is 1. The summed E-state index contributed by atoms with van der Waals surface area (Å²) >= 11 is 0. The Bertz CT molecular complexity index is 377. The summed E-state index contributed by atoms with van der Waals surface area (Å²) in [6.45, 7) is 5.76. The van der Waals surface area contributed by atoms with Crippen LogP contribution in [-0.4, -0.2) is 29.6 Å². The first-order valence-electron chi connectivity index (χ1n) is 6.04. The lowest BCUT2D eigenvalue weighted by Crippen LogP contribution is -2.49. The molecule has 2 nitrogen and oxygen atoms in total. The topological polar surface area (TPSA) is 23.5 Å². The van der Waals surface area contributed by atoms with Crippen molar-refractivity contribution in [3.63, 3.8) is 0 Å². The summed E-state index contributed by atoms with van der Waals surface area (Å²) in [6, 6.07) is 8.25. The highest BCUT2D eigenvalue weighted by Gasteiger charge is 2.38. The fourth-order valence-corrected chi connectivity index (χ4v) is 2.83. The minimum Gasteiger partial charge on any atom is -0.508 e. The Morgan fingerprint density at radius 3 is 2.88 bits per heavy atom. The van der Waals surface area contributed by atoms with Crippen molar-refractivity contribution in [3.8, 4) is 5.75 Å². The van der Waals surface area contributed by atoms with Crippen LogP contribution in [0.15, 0.2) is 24.3 Å². The largest absolute Gasteiger partial charge is 0.508 e. The molecule has 0 amide bonds. The fourth-order valence-electron chi connectivity index (χ4n) is 2.83. The van der Waals surface area contributed by atoms with Crippen LogP contribution < -0.4 is 0 Å². The van der Waals surface area contributed by atoms with Crippen LogP contribution in [0.3, 0.4) is 0 Å². The quantitative estimate of drug-likeness (QED) is 0.785. The summed E-state index contributed by atoms with van der Waals surface area (Å²) in [7, 11) is 2.19. The average molecular weight is 219 g/mol. The smallest absolute Gasteiger partial charge is 0.115 e. The molecule has 0 spiro atoms. The molecule has 16 heavy (non-hydrogen) atoms. The first kappa shape index (κ1) is 11.5. The maximum absolute atomic E-state index is 9.60. The van der Waals surface area contributed by atoms with Gasteiger partial charge in [0.25, 0.3) is 0 Å².